The summed E-state index contributed by atoms with van der Waals surface area (Å²) in [6.45, 7) is 5.96. The zero-order chi connectivity index (χ0) is 32.3. The van der Waals surface area contributed by atoms with Gasteiger partial charge in [0.25, 0.3) is 0 Å². The summed E-state index contributed by atoms with van der Waals surface area (Å²) < 4.78 is 34.3. The number of carbonyl (C=O) groups excluding carboxylic acids is 4. The van der Waals surface area contributed by atoms with Gasteiger partial charge in [-0.15, -0.1) is 0 Å². The van der Waals surface area contributed by atoms with Gasteiger partial charge in [-0.3, -0.25) is 19.2 Å². The first-order chi connectivity index (χ1) is 20.9. The Hall–Kier alpha value is -4.48. The second-order valence-corrected chi connectivity index (χ2v) is 10.8. The van der Waals surface area contributed by atoms with Crippen molar-refractivity contribution in [2.24, 2.45) is 0 Å². The van der Waals surface area contributed by atoms with E-state index < -0.39 is 36.2 Å². The van der Waals surface area contributed by atoms with Crippen molar-refractivity contribution >= 4 is 23.8 Å². The lowest BCUT2D eigenvalue weighted by atomic mass is 9.81. The predicted molar refractivity (Wildman–Crippen MR) is 158 cm³/mol. The van der Waals surface area contributed by atoms with Crippen LogP contribution in [0, 0.1) is 0 Å². The van der Waals surface area contributed by atoms with E-state index in [0.29, 0.717) is 60.1 Å². The van der Waals surface area contributed by atoms with Crippen molar-refractivity contribution in [1.82, 2.24) is 9.80 Å². The molecule has 0 fully saturated rings. The van der Waals surface area contributed by atoms with Gasteiger partial charge in [-0.2, -0.15) is 0 Å². The predicted octanol–water partition coefficient (Wildman–Crippen LogP) is 3.18. The highest BCUT2D eigenvalue weighted by Gasteiger charge is 2.50. The van der Waals surface area contributed by atoms with Gasteiger partial charge >= 0.3 is 11.9 Å². The number of hydrogen-bond acceptors (Lipinski definition) is 10. The molecule has 238 valence electrons. The third kappa shape index (κ3) is 6.24. The summed E-state index contributed by atoms with van der Waals surface area (Å²) in [5.74, 6) is -0.00309. The summed E-state index contributed by atoms with van der Waals surface area (Å²) >= 11 is 0. The topological polar surface area (TPSA) is 130 Å². The summed E-state index contributed by atoms with van der Waals surface area (Å²) in [7, 11) is 6.07. The molecule has 2 aromatic carbocycles. The van der Waals surface area contributed by atoms with Crippen molar-refractivity contribution in [3.63, 3.8) is 0 Å². The Balaban J connectivity index is 2.02. The van der Waals surface area contributed by atoms with Gasteiger partial charge in [0.1, 0.15) is 0 Å². The van der Waals surface area contributed by atoms with Crippen molar-refractivity contribution in [2.75, 3.05) is 41.5 Å². The molecule has 0 saturated carbocycles. The Morgan fingerprint density at radius 1 is 0.591 bits per heavy atom. The van der Waals surface area contributed by atoms with E-state index >= 15 is 0 Å². The summed E-state index contributed by atoms with van der Waals surface area (Å²) in [5, 5.41) is 0. The number of ether oxygens (including phenoxy) is 6. The minimum absolute atomic E-state index is 0.270. The number of esters is 2. The SMILES string of the molecule is COc1cc2c(cc1OC)[C@@H](C(OC(C)=O)C(OC(C)=O)[C@@H]1c3cc(OC)c(OC)cc3CCN1C(C)=O)N(C(C)=O)CC2. The fourth-order valence-electron chi connectivity index (χ4n) is 6.37. The van der Waals surface area contributed by atoms with Crippen molar-refractivity contribution in [3.05, 3.63) is 46.5 Å². The zero-order valence-electron chi connectivity index (χ0n) is 26.4. The first kappa shape index (κ1) is 32.4. The molecule has 0 aromatic heterocycles. The molecular formula is C32H40N2O10. The summed E-state index contributed by atoms with van der Waals surface area (Å²) in [6.07, 6.45) is -1.47. The number of carbonyl (C=O) groups is 4. The van der Waals surface area contributed by atoms with Crippen LogP contribution in [0.2, 0.25) is 0 Å². The van der Waals surface area contributed by atoms with E-state index in [9.17, 15) is 19.2 Å². The van der Waals surface area contributed by atoms with Crippen LogP contribution in [0.3, 0.4) is 0 Å². The van der Waals surface area contributed by atoms with Crippen LogP contribution in [0.5, 0.6) is 23.0 Å². The minimum atomic E-state index is -1.23. The molecule has 0 saturated heterocycles. The summed E-state index contributed by atoms with van der Waals surface area (Å²) in [6, 6.07) is 5.37. The molecule has 0 radical (unpaired) electrons. The number of hydrogen-bond donors (Lipinski definition) is 0. The van der Waals surface area contributed by atoms with Gasteiger partial charge < -0.3 is 38.2 Å². The molecule has 2 unspecified atom stereocenters. The first-order valence-corrected chi connectivity index (χ1v) is 14.3. The van der Waals surface area contributed by atoms with E-state index in [4.69, 9.17) is 28.4 Å². The van der Waals surface area contributed by atoms with Crippen molar-refractivity contribution in [1.29, 1.82) is 0 Å². The Labute approximate surface area is 257 Å². The number of benzene rings is 2. The quantitative estimate of drug-likeness (QED) is 0.389. The molecule has 12 heteroatoms. The molecule has 2 aliphatic heterocycles. The van der Waals surface area contributed by atoms with E-state index in [1.165, 1.54) is 56.1 Å². The second-order valence-electron chi connectivity index (χ2n) is 10.8. The number of methoxy groups -OCH3 is 4. The van der Waals surface area contributed by atoms with Crippen molar-refractivity contribution < 1.29 is 47.6 Å². The Bertz CT molecular complexity index is 1330. The number of rotatable bonds is 9. The monoisotopic (exact) mass is 612 g/mol. The third-order valence-corrected chi connectivity index (χ3v) is 8.20. The molecule has 12 nitrogen and oxygen atoms in total. The van der Waals surface area contributed by atoms with E-state index in [1.807, 2.05) is 12.1 Å². The molecule has 4 rings (SSSR count). The van der Waals surface area contributed by atoms with Crippen LogP contribution in [0.1, 0.15) is 62.0 Å². The number of fused-ring (bicyclic) bond motifs is 2. The average molecular weight is 613 g/mol. The van der Waals surface area contributed by atoms with E-state index in [0.717, 1.165) is 11.1 Å². The Morgan fingerprint density at radius 3 is 1.18 bits per heavy atom. The van der Waals surface area contributed by atoms with Gasteiger partial charge in [0.05, 0.1) is 40.5 Å². The van der Waals surface area contributed by atoms with Crippen LogP contribution in [0.15, 0.2) is 24.3 Å². The normalized spacial score (nSPS) is 18.6. The molecule has 2 heterocycles. The molecule has 2 aliphatic rings. The molecule has 0 bridgehead atoms. The van der Waals surface area contributed by atoms with Crippen molar-refractivity contribution in [2.45, 2.75) is 64.8 Å². The standard InChI is InChI=1S/C32H40N2O10/c1-17(35)33-11-9-21-13-25(39-5)27(41-7)15-23(21)29(33)31(43-19(3)37)32(44-20(4)38)30-24-16-28(42-8)26(40-6)14-22(24)10-12-34(30)18(2)36/h13-16,29-32H,9-12H2,1-8H3/t29-,30-,31?,32?/m0/s1. The van der Waals surface area contributed by atoms with Gasteiger partial charge in [-0.1, -0.05) is 0 Å². The van der Waals surface area contributed by atoms with Gasteiger partial charge in [-0.25, -0.2) is 0 Å². The molecule has 0 aliphatic carbocycles. The van der Waals surface area contributed by atoms with Crippen LogP contribution in [0.25, 0.3) is 0 Å². The number of amides is 2. The van der Waals surface area contributed by atoms with E-state index in [2.05, 4.69) is 0 Å². The van der Waals surface area contributed by atoms with Crippen LogP contribution in [-0.2, 0) is 41.5 Å². The fourth-order valence-corrected chi connectivity index (χ4v) is 6.37. The molecule has 2 aromatic rings. The molecule has 44 heavy (non-hydrogen) atoms. The third-order valence-electron chi connectivity index (χ3n) is 8.20. The largest absolute Gasteiger partial charge is 0.493 e. The highest BCUT2D eigenvalue weighted by atomic mass is 16.6. The van der Waals surface area contributed by atoms with Gasteiger partial charge in [0.2, 0.25) is 11.8 Å². The van der Waals surface area contributed by atoms with Crippen LogP contribution >= 0.6 is 0 Å². The molecule has 2 amide bonds. The maximum atomic E-state index is 13.2. The smallest absolute Gasteiger partial charge is 0.303 e. The van der Waals surface area contributed by atoms with Crippen molar-refractivity contribution in [3.8, 4) is 23.0 Å². The highest BCUT2D eigenvalue weighted by Crippen LogP contribution is 2.46. The highest BCUT2D eigenvalue weighted by molar-refractivity contribution is 5.76. The number of nitrogens with zero attached hydrogens (tertiary/aromatic N) is 2. The average Bonchev–Trinajstić information content (AvgIpc) is 2.99. The van der Waals surface area contributed by atoms with Gasteiger partial charge in [0, 0.05) is 40.8 Å². The molecular weight excluding hydrogens is 572 g/mol. The fraction of sp³-hybridized carbons (Fsp3) is 0.500. The lowest BCUT2D eigenvalue weighted by Crippen LogP contribution is -2.55. The Kier molecular flexibility index (Phi) is 9.91. The van der Waals surface area contributed by atoms with Crippen LogP contribution < -0.4 is 18.9 Å². The lowest BCUT2D eigenvalue weighted by molar-refractivity contribution is -0.182. The van der Waals surface area contributed by atoms with E-state index in [-0.39, 0.29) is 11.8 Å². The summed E-state index contributed by atoms with van der Waals surface area (Å²) in [5.41, 5.74) is 2.99. The first-order valence-electron chi connectivity index (χ1n) is 14.3. The summed E-state index contributed by atoms with van der Waals surface area (Å²) in [4.78, 5) is 55.1. The maximum Gasteiger partial charge on any atom is 0.303 e. The molecule has 0 spiro atoms. The maximum absolute atomic E-state index is 13.2. The van der Waals surface area contributed by atoms with Crippen LogP contribution in [0.4, 0.5) is 0 Å². The van der Waals surface area contributed by atoms with E-state index in [1.54, 1.807) is 21.9 Å². The second kappa shape index (κ2) is 13.4. The molecule has 4 atom stereocenters. The van der Waals surface area contributed by atoms with Gasteiger partial charge in [0.15, 0.2) is 35.2 Å². The molecule has 0 N–H and O–H groups in total. The van der Waals surface area contributed by atoms with Gasteiger partial charge in [-0.05, 0) is 59.4 Å². The lowest BCUT2D eigenvalue weighted by Gasteiger charge is -2.47. The zero-order valence-corrected chi connectivity index (χ0v) is 26.4. The Morgan fingerprint density at radius 2 is 0.909 bits per heavy atom. The minimum Gasteiger partial charge on any atom is -0.493 e. The van der Waals surface area contributed by atoms with Crippen LogP contribution in [-0.4, -0.2) is 87.3 Å².